The lowest BCUT2D eigenvalue weighted by molar-refractivity contribution is 0.255. The molecule has 1 fully saturated rings. The Balaban J connectivity index is 0.00000280. The van der Waals surface area contributed by atoms with Gasteiger partial charge in [-0.3, -0.25) is 14.6 Å². The van der Waals surface area contributed by atoms with Gasteiger partial charge < -0.3 is 15.5 Å². The number of piperazine rings is 1. The fraction of sp³-hybridized carbons (Fsp3) is 0.500. The van der Waals surface area contributed by atoms with Gasteiger partial charge in [-0.25, -0.2) is 0 Å². The molecule has 0 unspecified atom stereocenters. The molecule has 28 heavy (non-hydrogen) atoms. The van der Waals surface area contributed by atoms with Gasteiger partial charge in [0, 0.05) is 58.7 Å². The molecule has 0 saturated carbocycles. The summed E-state index contributed by atoms with van der Waals surface area (Å²) >= 11 is 0. The van der Waals surface area contributed by atoms with Crippen LogP contribution in [-0.4, -0.2) is 67.0 Å². The molecular formula is C20H32IN7. The first kappa shape index (κ1) is 22.5. The number of benzene rings is 1. The van der Waals surface area contributed by atoms with Crippen molar-refractivity contribution in [3.05, 3.63) is 48.3 Å². The highest BCUT2D eigenvalue weighted by Crippen LogP contribution is 2.15. The maximum absolute atomic E-state index is 4.29. The number of guanidine groups is 1. The minimum Gasteiger partial charge on any atom is -0.369 e. The predicted octanol–water partition coefficient (Wildman–Crippen LogP) is 1.92. The van der Waals surface area contributed by atoms with Crippen LogP contribution in [0.2, 0.25) is 0 Å². The van der Waals surface area contributed by atoms with Crippen molar-refractivity contribution in [2.75, 3.05) is 51.2 Å². The number of rotatable bonds is 7. The third-order valence-electron chi connectivity index (χ3n) is 5.02. The van der Waals surface area contributed by atoms with E-state index in [2.05, 4.69) is 60.9 Å². The number of nitrogens with one attached hydrogen (secondary N) is 2. The summed E-state index contributed by atoms with van der Waals surface area (Å²) in [5.74, 6) is 0.838. The van der Waals surface area contributed by atoms with E-state index in [1.54, 1.807) is 7.05 Å². The van der Waals surface area contributed by atoms with Gasteiger partial charge in [0.1, 0.15) is 0 Å². The van der Waals surface area contributed by atoms with Crippen LogP contribution in [0.5, 0.6) is 0 Å². The van der Waals surface area contributed by atoms with E-state index in [4.69, 9.17) is 0 Å². The van der Waals surface area contributed by atoms with Crippen molar-refractivity contribution in [3.63, 3.8) is 0 Å². The largest absolute Gasteiger partial charge is 0.369 e. The zero-order valence-electron chi connectivity index (χ0n) is 16.8. The third-order valence-corrected chi connectivity index (χ3v) is 5.02. The fourth-order valence-electron chi connectivity index (χ4n) is 3.35. The predicted molar refractivity (Wildman–Crippen MR) is 127 cm³/mol. The molecule has 0 atom stereocenters. The molecule has 154 valence electrons. The van der Waals surface area contributed by atoms with Gasteiger partial charge in [0.05, 0.1) is 12.2 Å². The number of para-hydroxylation sites is 1. The lowest BCUT2D eigenvalue weighted by Gasteiger charge is -2.36. The van der Waals surface area contributed by atoms with Gasteiger partial charge in [-0.1, -0.05) is 18.2 Å². The quantitative estimate of drug-likeness (QED) is 0.265. The van der Waals surface area contributed by atoms with Crippen molar-refractivity contribution in [2.45, 2.75) is 13.0 Å². The third kappa shape index (κ3) is 6.66. The Morgan fingerprint density at radius 1 is 1.07 bits per heavy atom. The van der Waals surface area contributed by atoms with E-state index in [0.717, 1.165) is 63.9 Å². The summed E-state index contributed by atoms with van der Waals surface area (Å²) in [4.78, 5) is 9.31. The van der Waals surface area contributed by atoms with E-state index < -0.39 is 0 Å². The SMILES string of the molecule is CN=C(NCCCN1CCN(c2ccccc2)CC1)NCc1ccnn1C.I. The standard InChI is InChI=1S/C20H31N7.HI/c1-21-20(23-17-19-9-11-24-25(19)2)22-10-6-12-26-13-15-27(16-14-26)18-7-4-3-5-8-18;/h3-5,7-9,11H,6,10,12-17H2,1-2H3,(H2,21,22,23);1H. The van der Waals surface area contributed by atoms with Crippen LogP contribution in [0.4, 0.5) is 5.69 Å². The second-order valence-electron chi connectivity index (χ2n) is 6.82. The number of aryl methyl sites for hydroxylation is 1. The molecule has 1 aromatic heterocycles. The maximum atomic E-state index is 4.29. The number of halogens is 1. The molecule has 0 amide bonds. The van der Waals surface area contributed by atoms with E-state index in [-0.39, 0.29) is 24.0 Å². The average Bonchev–Trinajstić information content (AvgIpc) is 3.13. The average molecular weight is 497 g/mol. The summed E-state index contributed by atoms with van der Waals surface area (Å²) < 4.78 is 1.87. The van der Waals surface area contributed by atoms with E-state index in [9.17, 15) is 0 Å². The minimum absolute atomic E-state index is 0. The van der Waals surface area contributed by atoms with Crippen LogP contribution in [0.3, 0.4) is 0 Å². The Kier molecular flexibility index (Phi) is 9.56. The first-order valence-electron chi connectivity index (χ1n) is 9.70. The zero-order valence-corrected chi connectivity index (χ0v) is 19.2. The molecule has 1 aromatic carbocycles. The molecule has 1 aliphatic rings. The second kappa shape index (κ2) is 11.9. The van der Waals surface area contributed by atoms with Crippen molar-refractivity contribution in [1.29, 1.82) is 0 Å². The zero-order chi connectivity index (χ0) is 18.9. The summed E-state index contributed by atoms with van der Waals surface area (Å²) in [6, 6.07) is 12.7. The van der Waals surface area contributed by atoms with Gasteiger partial charge >= 0.3 is 0 Å². The van der Waals surface area contributed by atoms with Crippen LogP contribution in [0.15, 0.2) is 47.6 Å². The second-order valence-corrected chi connectivity index (χ2v) is 6.82. The molecule has 0 aliphatic carbocycles. The summed E-state index contributed by atoms with van der Waals surface area (Å²) in [6.45, 7) is 7.22. The Morgan fingerprint density at radius 2 is 1.82 bits per heavy atom. The molecule has 2 heterocycles. The Labute approximate surface area is 185 Å². The molecule has 3 rings (SSSR count). The molecule has 0 bridgehead atoms. The molecule has 0 radical (unpaired) electrons. The Bertz CT molecular complexity index is 708. The molecular weight excluding hydrogens is 465 g/mol. The first-order valence-corrected chi connectivity index (χ1v) is 9.70. The Hall–Kier alpha value is -1.81. The van der Waals surface area contributed by atoms with Gasteiger partial charge in [-0.2, -0.15) is 5.10 Å². The molecule has 1 saturated heterocycles. The monoisotopic (exact) mass is 497 g/mol. The molecule has 2 N–H and O–H groups in total. The summed E-state index contributed by atoms with van der Waals surface area (Å²) in [5.41, 5.74) is 2.47. The summed E-state index contributed by atoms with van der Waals surface area (Å²) in [5, 5.41) is 10.9. The van der Waals surface area contributed by atoms with Crippen LogP contribution in [-0.2, 0) is 13.6 Å². The summed E-state index contributed by atoms with van der Waals surface area (Å²) in [6.07, 6.45) is 2.92. The van der Waals surface area contributed by atoms with E-state index in [1.165, 1.54) is 5.69 Å². The van der Waals surface area contributed by atoms with Crippen molar-refractivity contribution in [1.82, 2.24) is 25.3 Å². The van der Waals surface area contributed by atoms with Crippen LogP contribution in [0, 0.1) is 0 Å². The van der Waals surface area contributed by atoms with Crippen LogP contribution < -0.4 is 15.5 Å². The van der Waals surface area contributed by atoms with Crippen molar-refractivity contribution in [2.24, 2.45) is 12.0 Å². The van der Waals surface area contributed by atoms with E-state index in [0.29, 0.717) is 0 Å². The topological polar surface area (TPSA) is 60.7 Å². The van der Waals surface area contributed by atoms with Crippen molar-refractivity contribution in [3.8, 4) is 0 Å². The van der Waals surface area contributed by atoms with E-state index >= 15 is 0 Å². The van der Waals surface area contributed by atoms with E-state index in [1.807, 2.05) is 24.0 Å². The normalized spacial score (nSPS) is 15.2. The van der Waals surface area contributed by atoms with Gasteiger partial charge in [0.25, 0.3) is 0 Å². The first-order chi connectivity index (χ1) is 13.3. The molecule has 2 aromatic rings. The van der Waals surface area contributed by atoms with Gasteiger partial charge in [0.15, 0.2) is 5.96 Å². The highest BCUT2D eigenvalue weighted by atomic mass is 127. The molecule has 8 heteroatoms. The highest BCUT2D eigenvalue weighted by Gasteiger charge is 2.16. The summed E-state index contributed by atoms with van der Waals surface area (Å²) in [7, 11) is 3.76. The number of hydrogen-bond acceptors (Lipinski definition) is 4. The maximum Gasteiger partial charge on any atom is 0.191 e. The number of nitrogens with zero attached hydrogens (tertiary/aromatic N) is 5. The number of anilines is 1. The van der Waals surface area contributed by atoms with Crippen molar-refractivity contribution < 1.29 is 0 Å². The van der Waals surface area contributed by atoms with Crippen LogP contribution >= 0.6 is 24.0 Å². The number of aromatic nitrogens is 2. The minimum atomic E-state index is 0. The van der Waals surface area contributed by atoms with Crippen LogP contribution in [0.1, 0.15) is 12.1 Å². The molecule has 7 nitrogen and oxygen atoms in total. The highest BCUT2D eigenvalue weighted by molar-refractivity contribution is 14.0. The smallest absolute Gasteiger partial charge is 0.191 e. The number of aliphatic imine (C=N–C) groups is 1. The molecule has 0 spiro atoms. The lowest BCUT2D eigenvalue weighted by Crippen LogP contribution is -2.47. The van der Waals surface area contributed by atoms with Crippen LogP contribution in [0.25, 0.3) is 0 Å². The molecule has 1 aliphatic heterocycles. The number of hydrogen-bond donors (Lipinski definition) is 2. The van der Waals surface area contributed by atoms with Crippen molar-refractivity contribution >= 4 is 35.6 Å². The Morgan fingerprint density at radius 3 is 2.46 bits per heavy atom. The van der Waals surface area contributed by atoms with Gasteiger partial charge in [0.2, 0.25) is 0 Å². The van der Waals surface area contributed by atoms with Gasteiger partial charge in [-0.15, -0.1) is 24.0 Å². The lowest BCUT2D eigenvalue weighted by atomic mass is 10.2. The fourth-order valence-corrected chi connectivity index (χ4v) is 3.35. The van der Waals surface area contributed by atoms with Gasteiger partial charge in [-0.05, 0) is 31.2 Å².